The third kappa shape index (κ3) is 4.32. The van der Waals surface area contributed by atoms with Crippen LogP contribution in [0.1, 0.15) is 17.1 Å². The fourth-order valence-corrected chi connectivity index (χ4v) is 3.78. The smallest absolute Gasteiger partial charge is 0.234 e. The molecule has 29 heavy (non-hydrogen) atoms. The second-order valence-electron chi connectivity index (χ2n) is 7.24. The minimum Gasteiger partial charge on any atom is -0.467 e. The molecule has 0 spiro atoms. The summed E-state index contributed by atoms with van der Waals surface area (Å²) >= 11 is 0. The highest BCUT2D eigenvalue weighted by Crippen LogP contribution is 2.27. The van der Waals surface area contributed by atoms with Crippen LogP contribution in [0.2, 0.25) is 0 Å². The Labute approximate surface area is 170 Å². The van der Waals surface area contributed by atoms with Crippen LogP contribution in [-0.4, -0.2) is 58.3 Å². The molecule has 4 heterocycles. The van der Waals surface area contributed by atoms with Gasteiger partial charge in [-0.2, -0.15) is 5.10 Å². The summed E-state index contributed by atoms with van der Waals surface area (Å²) in [4.78, 5) is 21.1. The minimum atomic E-state index is 0.0187. The molecule has 0 atom stereocenters. The highest BCUT2D eigenvalue weighted by atomic mass is 16.3. The Morgan fingerprint density at radius 1 is 1.14 bits per heavy atom. The van der Waals surface area contributed by atoms with Gasteiger partial charge >= 0.3 is 0 Å². The molecule has 8 heteroatoms. The van der Waals surface area contributed by atoms with Crippen molar-refractivity contribution in [2.45, 2.75) is 20.4 Å². The van der Waals surface area contributed by atoms with Crippen LogP contribution < -0.4 is 10.2 Å². The van der Waals surface area contributed by atoms with E-state index in [9.17, 15) is 4.79 Å². The first-order chi connectivity index (χ1) is 14.1. The molecule has 1 N–H and O–H groups in total. The van der Waals surface area contributed by atoms with Gasteiger partial charge in [0.15, 0.2) is 5.82 Å². The lowest BCUT2D eigenvalue weighted by Gasteiger charge is -2.35. The van der Waals surface area contributed by atoms with E-state index in [1.54, 1.807) is 12.5 Å². The molecule has 0 unspecified atom stereocenters. The number of furan rings is 1. The predicted octanol–water partition coefficient (Wildman–Crippen LogP) is 1.92. The van der Waals surface area contributed by atoms with Crippen molar-refractivity contribution in [3.8, 4) is 5.82 Å². The normalized spacial score (nSPS) is 14.9. The van der Waals surface area contributed by atoms with Crippen molar-refractivity contribution < 1.29 is 9.21 Å². The first-order valence-corrected chi connectivity index (χ1v) is 9.86. The minimum absolute atomic E-state index is 0.0187. The van der Waals surface area contributed by atoms with E-state index >= 15 is 0 Å². The molecule has 0 radical (unpaired) electrons. The van der Waals surface area contributed by atoms with E-state index in [4.69, 9.17) is 9.52 Å². The van der Waals surface area contributed by atoms with Crippen LogP contribution >= 0.6 is 0 Å². The van der Waals surface area contributed by atoms with Crippen molar-refractivity contribution in [1.29, 1.82) is 0 Å². The fraction of sp³-hybridized carbons (Fsp3) is 0.381. The number of nitrogens with zero attached hydrogens (tertiary/aromatic N) is 5. The molecule has 1 fully saturated rings. The summed E-state index contributed by atoms with van der Waals surface area (Å²) in [7, 11) is 0. The Bertz CT molecular complexity index is 943. The predicted molar refractivity (Wildman–Crippen MR) is 110 cm³/mol. The van der Waals surface area contributed by atoms with E-state index in [0.717, 1.165) is 54.8 Å². The zero-order valence-electron chi connectivity index (χ0n) is 16.8. The molecule has 0 saturated carbocycles. The van der Waals surface area contributed by atoms with Crippen molar-refractivity contribution in [1.82, 2.24) is 25.0 Å². The van der Waals surface area contributed by atoms with Gasteiger partial charge in [-0.1, -0.05) is 6.07 Å². The van der Waals surface area contributed by atoms with E-state index in [1.165, 1.54) is 0 Å². The summed E-state index contributed by atoms with van der Waals surface area (Å²) < 4.78 is 7.15. The highest BCUT2D eigenvalue weighted by molar-refractivity contribution is 5.78. The number of anilines is 1. The summed E-state index contributed by atoms with van der Waals surface area (Å²) in [6, 6.07) is 9.51. The standard InChI is InChI=1S/C21H26N6O2/c1-16-21(17(2)27(24-16)19-7-3-4-8-22-19)26-11-9-25(10-12-26)15-20(28)23-14-18-6-5-13-29-18/h3-8,13H,9-12,14-15H2,1-2H3,(H,23,28). The van der Waals surface area contributed by atoms with Crippen molar-refractivity contribution in [3.63, 3.8) is 0 Å². The number of piperazine rings is 1. The number of rotatable bonds is 6. The summed E-state index contributed by atoms with van der Waals surface area (Å²) in [5, 5.41) is 7.60. The maximum absolute atomic E-state index is 12.2. The summed E-state index contributed by atoms with van der Waals surface area (Å²) in [6.45, 7) is 8.34. The van der Waals surface area contributed by atoms with Crippen molar-refractivity contribution in [2.24, 2.45) is 0 Å². The zero-order valence-corrected chi connectivity index (χ0v) is 16.8. The van der Waals surface area contributed by atoms with E-state index in [2.05, 4.69) is 27.0 Å². The first kappa shape index (κ1) is 19.2. The molecule has 1 saturated heterocycles. The highest BCUT2D eigenvalue weighted by Gasteiger charge is 2.24. The van der Waals surface area contributed by atoms with Gasteiger partial charge in [0.05, 0.1) is 36.4 Å². The topological polar surface area (TPSA) is 79.4 Å². The number of aryl methyl sites for hydroxylation is 1. The number of carbonyl (C=O) groups excluding carboxylic acids is 1. The molecule has 4 rings (SSSR count). The molecule has 152 valence electrons. The average molecular weight is 394 g/mol. The summed E-state index contributed by atoms with van der Waals surface area (Å²) in [6.07, 6.45) is 3.39. The lowest BCUT2D eigenvalue weighted by molar-refractivity contribution is -0.122. The quantitative estimate of drug-likeness (QED) is 0.688. The van der Waals surface area contributed by atoms with Gasteiger partial charge in [0.1, 0.15) is 5.76 Å². The van der Waals surface area contributed by atoms with Crippen molar-refractivity contribution >= 4 is 11.6 Å². The second-order valence-corrected chi connectivity index (χ2v) is 7.24. The van der Waals surface area contributed by atoms with Crippen LogP contribution in [0, 0.1) is 13.8 Å². The molecule has 3 aromatic heterocycles. The molecule has 8 nitrogen and oxygen atoms in total. The van der Waals surface area contributed by atoms with Gasteiger partial charge in [0.2, 0.25) is 5.91 Å². The molecule has 0 bridgehead atoms. The lowest BCUT2D eigenvalue weighted by atomic mass is 10.2. The SMILES string of the molecule is Cc1nn(-c2ccccn2)c(C)c1N1CCN(CC(=O)NCc2ccco2)CC1. The monoisotopic (exact) mass is 394 g/mol. The Hall–Kier alpha value is -3.13. The van der Waals surface area contributed by atoms with Gasteiger partial charge in [-0.05, 0) is 38.1 Å². The van der Waals surface area contributed by atoms with Crippen LogP contribution in [0.15, 0.2) is 47.2 Å². The van der Waals surface area contributed by atoms with E-state index < -0.39 is 0 Å². The number of hydrogen-bond acceptors (Lipinski definition) is 6. The third-order valence-electron chi connectivity index (χ3n) is 5.22. The van der Waals surface area contributed by atoms with Crippen LogP contribution in [-0.2, 0) is 11.3 Å². The van der Waals surface area contributed by atoms with Gasteiger partial charge in [-0.25, -0.2) is 9.67 Å². The third-order valence-corrected chi connectivity index (χ3v) is 5.22. The van der Waals surface area contributed by atoms with Crippen LogP contribution in [0.5, 0.6) is 0 Å². The largest absolute Gasteiger partial charge is 0.467 e. The molecule has 1 aliphatic rings. The molecule has 1 aliphatic heterocycles. The maximum Gasteiger partial charge on any atom is 0.234 e. The molecule has 0 aliphatic carbocycles. The Morgan fingerprint density at radius 2 is 1.97 bits per heavy atom. The maximum atomic E-state index is 12.2. The van der Waals surface area contributed by atoms with Gasteiger partial charge in [-0.3, -0.25) is 9.69 Å². The van der Waals surface area contributed by atoms with Crippen LogP contribution in [0.3, 0.4) is 0 Å². The molecular weight excluding hydrogens is 368 g/mol. The van der Waals surface area contributed by atoms with Crippen molar-refractivity contribution in [2.75, 3.05) is 37.6 Å². The number of hydrogen-bond donors (Lipinski definition) is 1. The lowest BCUT2D eigenvalue weighted by Crippen LogP contribution is -2.49. The number of amides is 1. The first-order valence-electron chi connectivity index (χ1n) is 9.86. The molecular formula is C21H26N6O2. The van der Waals surface area contributed by atoms with Gasteiger partial charge in [0, 0.05) is 32.4 Å². The van der Waals surface area contributed by atoms with E-state index in [1.807, 2.05) is 41.9 Å². The zero-order chi connectivity index (χ0) is 20.2. The van der Waals surface area contributed by atoms with Gasteiger partial charge in [0.25, 0.3) is 0 Å². The van der Waals surface area contributed by atoms with E-state index in [-0.39, 0.29) is 5.91 Å². The summed E-state index contributed by atoms with van der Waals surface area (Å²) in [5.74, 6) is 1.61. The Morgan fingerprint density at radius 3 is 2.66 bits per heavy atom. The van der Waals surface area contributed by atoms with E-state index in [0.29, 0.717) is 13.1 Å². The number of pyridine rings is 1. The number of aromatic nitrogens is 3. The van der Waals surface area contributed by atoms with Crippen LogP contribution in [0.4, 0.5) is 5.69 Å². The summed E-state index contributed by atoms with van der Waals surface area (Å²) in [5.41, 5.74) is 3.25. The van der Waals surface area contributed by atoms with Crippen molar-refractivity contribution in [3.05, 3.63) is 59.9 Å². The molecule has 0 aromatic carbocycles. The second kappa shape index (κ2) is 8.48. The average Bonchev–Trinajstić information content (AvgIpc) is 3.36. The molecule has 3 aromatic rings. The molecule has 1 amide bonds. The Balaban J connectivity index is 1.34. The van der Waals surface area contributed by atoms with Gasteiger partial charge < -0.3 is 14.6 Å². The number of nitrogens with one attached hydrogen (secondary N) is 1. The van der Waals surface area contributed by atoms with Crippen LogP contribution in [0.25, 0.3) is 5.82 Å². The number of carbonyl (C=O) groups is 1. The van der Waals surface area contributed by atoms with Gasteiger partial charge in [-0.15, -0.1) is 0 Å². The Kier molecular flexibility index (Phi) is 5.62. The fourth-order valence-electron chi connectivity index (χ4n) is 3.78.